The Labute approximate surface area is 345 Å². The van der Waals surface area contributed by atoms with Crippen molar-refractivity contribution in [3.8, 4) is 0 Å². The van der Waals surface area contributed by atoms with Gasteiger partial charge in [-0.2, -0.15) is 0 Å². The number of esters is 3. The Bertz CT molecular complexity index is 1040. The molecule has 0 heterocycles. The fourth-order valence-corrected chi connectivity index (χ4v) is 6.26. The van der Waals surface area contributed by atoms with Crippen molar-refractivity contribution in [2.75, 3.05) is 13.2 Å². The van der Waals surface area contributed by atoms with Crippen LogP contribution in [0.15, 0.2) is 60.8 Å². The Balaban J connectivity index is 4.40. The Morgan fingerprint density at radius 2 is 0.732 bits per heavy atom. The lowest BCUT2D eigenvalue weighted by Gasteiger charge is -2.18. The number of carbonyl (C=O) groups excluding carboxylic acids is 3. The third-order valence-electron chi connectivity index (χ3n) is 9.79. The summed E-state index contributed by atoms with van der Waals surface area (Å²) in [6.45, 7) is 6.40. The lowest BCUT2D eigenvalue weighted by molar-refractivity contribution is -0.167. The molecule has 6 nitrogen and oxygen atoms in total. The summed E-state index contributed by atoms with van der Waals surface area (Å²) < 4.78 is 16.6. The van der Waals surface area contributed by atoms with E-state index in [1.807, 2.05) is 0 Å². The van der Waals surface area contributed by atoms with E-state index in [2.05, 4.69) is 81.5 Å². The predicted molar refractivity (Wildman–Crippen MR) is 238 cm³/mol. The average Bonchev–Trinajstić information content (AvgIpc) is 3.19. The van der Waals surface area contributed by atoms with Crippen LogP contribution in [0.25, 0.3) is 0 Å². The summed E-state index contributed by atoms with van der Waals surface area (Å²) in [6.07, 6.45) is 53.6. The molecule has 0 aliphatic heterocycles. The van der Waals surface area contributed by atoms with E-state index in [4.69, 9.17) is 14.2 Å². The predicted octanol–water partition coefficient (Wildman–Crippen LogP) is 14.9. The number of ether oxygens (including phenoxy) is 3. The van der Waals surface area contributed by atoms with Crippen LogP contribution >= 0.6 is 0 Å². The molecular weight excluding hydrogens is 697 g/mol. The molecule has 0 aromatic heterocycles. The van der Waals surface area contributed by atoms with Gasteiger partial charge in [-0.25, -0.2) is 0 Å². The maximum absolute atomic E-state index is 12.7. The van der Waals surface area contributed by atoms with Gasteiger partial charge in [-0.15, -0.1) is 0 Å². The van der Waals surface area contributed by atoms with Crippen LogP contribution in [0.3, 0.4) is 0 Å². The largest absolute Gasteiger partial charge is 0.462 e. The molecule has 0 saturated carbocycles. The molecule has 0 aliphatic carbocycles. The summed E-state index contributed by atoms with van der Waals surface area (Å²) in [5.41, 5.74) is 0. The molecule has 0 N–H and O–H groups in total. The molecule has 1 unspecified atom stereocenters. The van der Waals surface area contributed by atoms with Gasteiger partial charge in [0, 0.05) is 19.3 Å². The van der Waals surface area contributed by atoms with Crippen molar-refractivity contribution >= 4 is 17.9 Å². The van der Waals surface area contributed by atoms with Gasteiger partial charge in [-0.3, -0.25) is 14.4 Å². The molecule has 0 fully saturated rings. The Morgan fingerprint density at radius 3 is 1.21 bits per heavy atom. The van der Waals surface area contributed by atoms with Crippen LogP contribution in [0.2, 0.25) is 0 Å². The van der Waals surface area contributed by atoms with E-state index in [1.165, 1.54) is 89.9 Å². The summed E-state index contributed by atoms with van der Waals surface area (Å²) in [4.78, 5) is 37.7. The van der Waals surface area contributed by atoms with E-state index in [1.54, 1.807) is 0 Å². The van der Waals surface area contributed by atoms with Crippen LogP contribution in [-0.2, 0) is 28.6 Å². The molecule has 0 spiro atoms. The molecule has 0 rings (SSSR count). The second-order valence-electron chi connectivity index (χ2n) is 15.3. The highest BCUT2D eigenvalue weighted by molar-refractivity contribution is 5.71. The number of hydrogen-bond acceptors (Lipinski definition) is 6. The van der Waals surface area contributed by atoms with E-state index in [0.29, 0.717) is 25.7 Å². The number of hydrogen-bond donors (Lipinski definition) is 0. The SMILES string of the molecule is CC\C=C/C=C\C=C/CCCCCCCC(=O)OC(COC(=O)CCC/C=C\CCCCCC)COC(=O)CCCCCCC/C=C\CCCCCCCCC. The molecule has 0 aromatic carbocycles. The number of rotatable bonds is 41. The topological polar surface area (TPSA) is 78.9 Å². The lowest BCUT2D eigenvalue weighted by atomic mass is 10.1. The minimum atomic E-state index is -0.796. The molecule has 0 aliphatic rings. The first-order valence-corrected chi connectivity index (χ1v) is 23.3. The Hall–Kier alpha value is -2.89. The molecule has 322 valence electrons. The highest BCUT2D eigenvalue weighted by Gasteiger charge is 2.19. The van der Waals surface area contributed by atoms with E-state index in [0.717, 1.165) is 83.5 Å². The van der Waals surface area contributed by atoms with Gasteiger partial charge in [0.25, 0.3) is 0 Å². The molecule has 0 saturated heterocycles. The minimum absolute atomic E-state index is 0.0958. The zero-order chi connectivity index (χ0) is 40.8. The van der Waals surface area contributed by atoms with Crippen LogP contribution in [0.5, 0.6) is 0 Å². The van der Waals surface area contributed by atoms with Gasteiger partial charge in [0.2, 0.25) is 0 Å². The zero-order valence-corrected chi connectivity index (χ0v) is 36.6. The van der Waals surface area contributed by atoms with Crippen LogP contribution in [-0.4, -0.2) is 37.2 Å². The lowest BCUT2D eigenvalue weighted by Crippen LogP contribution is -2.30. The fourth-order valence-electron chi connectivity index (χ4n) is 6.26. The van der Waals surface area contributed by atoms with Gasteiger partial charge in [-0.05, 0) is 83.5 Å². The van der Waals surface area contributed by atoms with Gasteiger partial charge < -0.3 is 14.2 Å². The summed E-state index contributed by atoms with van der Waals surface area (Å²) >= 11 is 0. The summed E-state index contributed by atoms with van der Waals surface area (Å²) in [5, 5.41) is 0. The Kier molecular flexibility index (Phi) is 42.5. The molecule has 0 radical (unpaired) electrons. The van der Waals surface area contributed by atoms with E-state index < -0.39 is 6.10 Å². The van der Waals surface area contributed by atoms with Gasteiger partial charge >= 0.3 is 17.9 Å². The molecule has 56 heavy (non-hydrogen) atoms. The van der Waals surface area contributed by atoms with Crippen molar-refractivity contribution in [2.45, 2.75) is 226 Å². The summed E-state index contributed by atoms with van der Waals surface area (Å²) in [6, 6.07) is 0. The normalized spacial score (nSPS) is 12.6. The second-order valence-corrected chi connectivity index (χ2v) is 15.3. The quantitative estimate of drug-likeness (QED) is 0.0202. The maximum Gasteiger partial charge on any atom is 0.306 e. The maximum atomic E-state index is 12.7. The third kappa shape index (κ3) is 42.3. The van der Waals surface area contributed by atoms with Crippen molar-refractivity contribution < 1.29 is 28.6 Å². The fraction of sp³-hybridized carbons (Fsp3) is 0.740. The third-order valence-corrected chi connectivity index (χ3v) is 9.79. The second kappa shape index (κ2) is 44.8. The van der Waals surface area contributed by atoms with Crippen molar-refractivity contribution in [1.82, 2.24) is 0 Å². The minimum Gasteiger partial charge on any atom is -0.462 e. The molecule has 6 heteroatoms. The van der Waals surface area contributed by atoms with Crippen LogP contribution in [0.1, 0.15) is 220 Å². The van der Waals surface area contributed by atoms with Gasteiger partial charge in [0.1, 0.15) is 13.2 Å². The molecule has 0 amide bonds. The monoisotopic (exact) mass is 783 g/mol. The highest BCUT2D eigenvalue weighted by atomic mass is 16.6. The molecular formula is C50H86O6. The number of allylic oxidation sites excluding steroid dienone is 10. The Morgan fingerprint density at radius 1 is 0.375 bits per heavy atom. The van der Waals surface area contributed by atoms with Gasteiger partial charge in [-0.1, -0.05) is 178 Å². The van der Waals surface area contributed by atoms with Crippen molar-refractivity contribution in [3.63, 3.8) is 0 Å². The first kappa shape index (κ1) is 53.1. The molecule has 0 aromatic rings. The average molecular weight is 783 g/mol. The van der Waals surface area contributed by atoms with Crippen LogP contribution in [0, 0.1) is 0 Å². The van der Waals surface area contributed by atoms with E-state index in [-0.39, 0.29) is 31.1 Å². The van der Waals surface area contributed by atoms with Crippen molar-refractivity contribution in [3.05, 3.63) is 60.8 Å². The van der Waals surface area contributed by atoms with E-state index in [9.17, 15) is 14.4 Å². The van der Waals surface area contributed by atoms with Crippen LogP contribution < -0.4 is 0 Å². The standard InChI is InChI=1S/C50H86O6/c1-4-7-10-13-16-19-21-23-24-25-27-28-31-34-37-40-43-49(52)55-46-47(45-54-48(51)42-39-36-33-30-18-15-12-9-6-3)56-50(53)44-41-38-35-32-29-26-22-20-17-14-11-8-5-2/h8,11,14,17,20,22,24-25,30,33,47H,4-7,9-10,12-13,15-16,18-19,21,23,26-29,31-32,34-46H2,1-3H3/b11-8-,17-14-,22-20-,25-24-,33-30-. The first-order chi connectivity index (χ1) is 27.5. The van der Waals surface area contributed by atoms with Gasteiger partial charge in [0.05, 0.1) is 0 Å². The smallest absolute Gasteiger partial charge is 0.306 e. The molecule has 0 bridgehead atoms. The highest BCUT2D eigenvalue weighted by Crippen LogP contribution is 2.13. The number of carbonyl (C=O) groups is 3. The summed E-state index contributed by atoms with van der Waals surface area (Å²) in [7, 11) is 0. The summed E-state index contributed by atoms with van der Waals surface area (Å²) in [5.74, 6) is -0.964. The first-order valence-electron chi connectivity index (χ1n) is 23.3. The molecule has 1 atom stereocenters. The zero-order valence-electron chi connectivity index (χ0n) is 36.6. The van der Waals surface area contributed by atoms with Crippen LogP contribution in [0.4, 0.5) is 0 Å². The van der Waals surface area contributed by atoms with Crippen molar-refractivity contribution in [2.24, 2.45) is 0 Å². The van der Waals surface area contributed by atoms with Crippen molar-refractivity contribution in [1.29, 1.82) is 0 Å². The van der Waals surface area contributed by atoms with E-state index >= 15 is 0 Å². The number of unbranched alkanes of at least 4 members (excludes halogenated alkanes) is 22. The van der Waals surface area contributed by atoms with Gasteiger partial charge in [0.15, 0.2) is 6.10 Å².